The average Bonchev–Trinajstić information content (AvgIpc) is 2.50. The topological polar surface area (TPSA) is 34.3 Å². The van der Waals surface area contributed by atoms with E-state index in [4.69, 9.17) is 5.32 Å². The second kappa shape index (κ2) is 9.70. The van der Waals surface area contributed by atoms with Crippen LogP contribution in [0.1, 0.15) is 26.3 Å². The number of halogens is 1. The van der Waals surface area contributed by atoms with E-state index in [0.717, 1.165) is 11.8 Å². The molecule has 0 aromatic heterocycles. The molecule has 5 heteroatoms. The van der Waals surface area contributed by atoms with Gasteiger partial charge < -0.3 is 10.4 Å². The summed E-state index contributed by atoms with van der Waals surface area (Å²) < 4.78 is 0. The molecule has 0 fully saturated rings. The van der Waals surface area contributed by atoms with Crippen LogP contribution in [0.3, 0.4) is 0 Å². The Labute approximate surface area is 150 Å². The van der Waals surface area contributed by atoms with Crippen molar-refractivity contribution in [3.8, 4) is 5.75 Å². The Morgan fingerprint density at radius 1 is 1.00 bits per heavy atom. The standard InChI is InChI=1S/C17H21NOP.ClH.Ti/c1-17(2,3)18-12-13-8-4-6-10-15(13)20-16-11-7-5-9-14(16)19;;/h4-11,19-20H,12H2,1-3H3;1H;/q-1;;+2/p-1. The minimum atomic E-state index is -0.0227. The fourth-order valence-electron chi connectivity index (χ4n) is 1.83. The molecule has 2 nitrogen and oxygen atoms in total. The van der Waals surface area contributed by atoms with Crippen molar-refractivity contribution in [1.82, 2.24) is 0 Å². The molecule has 0 spiro atoms. The van der Waals surface area contributed by atoms with Gasteiger partial charge in [-0.15, -0.1) is 12.1 Å². The number of hydrogen-bond acceptors (Lipinski definition) is 1. The van der Waals surface area contributed by atoms with Gasteiger partial charge in [0.25, 0.3) is 0 Å². The molecule has 1 atom stereocenters. The maximum atomic E-state index is 9.91. The molecule has 2 rings (SSSR count). The summed E-state index contributed by atoms with van der Waals surface area (Å²) in [5.74, 6) is 0.369. The van der Waals surface area contributed by atoms with Crippen molar-refractivity contribution in [3.05, 3.63) is 59.4 Å². The molecule has 1 N–H and O–H groups in total. The zero-order valence-electron chi connectivity index (χ0n) is 13.1. The van der Waals surface area contributed by atoms with Gasteiger partial charge in [0.15, 0.2) is 0 Å². The van der Waals surface area contributed by atoms with Crippen molar-refractivity contribution in [3.63, 3.8) is 0 Å². The van der Waals surface area contributed by atoms with E-state index in [9.17, 15) is 5.11 Å². The molecule has 0 saturated carbocycles. The van der Waals surface area contributed by atoms with Crippen molar-refractivity contribution < 1.29 is 24.5 Å². The molecule has 0 amide bonds. The van der Waals surface area contributed by atoms with Crippen LogP contribution >= 0.6 is 17.9 Å². The third-order valence-electron chi connectivity index (χ3n) is 2.91. The van der Waals surface area contributed by atoms with E-state index in [0.29, 0.717) is 14.3 Å². The summed E-state index contributed by atoms with van der Waals surface area (Å²) in [4.78, 5) is 0. The average molecular weight is 370 g/mol. The fourth-order valence-corrected chi connectivity index (χ4v) is 3.01. The van der Waals surface area contributed by atoms with Crippen LogP contribution in [0.15, 0.2) is 48.5 Å². The van der Waals surface area contributed by atoms with Gasteiger partial charge in [0.1, 0.15) is 5.75 Å². The Morgan fingerprint density at radius 3 is 2.14 bits per heavy atom. The van der Waals surface area contributed by atoms with Crippen molar-refractivity contribution in [1.29, 1.82) is 0 Å². The van der Waals surface area contributed by atoms with Crippen LogP contribution in [0.5, 0.6) is 5.75 Å². The fraction of sp³-hybridized carbons (Fsp3) is 0.294. The van der Waals surface area contributed by atoms with E-state index in [-0.39, 0.29) is 5.54 Å². The minimum absolute atomic E-state index is 0.0227. The Bertz CT molecular complexity index is 587. The van der Waals surface area contributed by atoms with Crippen LogP contribution < -0.4 is 10.6 Å². The molecule has 22 heavy (non-hydrogen) atoms. The Balaban J connectivity index is 0.00000116. The Hall–Kier alpha value is -0.366. The zero-order valence-corrected chi connectivity index (χ0v) is 16.4. The summed E-state index contributed by atoms with van der Waals surface area (Å²) in [5.41, 5.74) is 1.22. The summed E-state index contributed by atoms with van der Waals surface area (Å²) in [6.45, 7) is 7.06. The number of phenolic OH excluding ortho intramolecular Hbond substituents is 1. The molecule has 2 aromatic carbocycles. The molecule has 0 bridgehead atoms. The first-order valence-corrected chi connectivity index (χ1v) is 10.1. The van der Waals surface area contributed by atoms with Gasteiger partial charge in [0.2, 0.25) is 0 Å². The number of para-hydroxylation sites is 1. The molecular formula is C17H21ClNOPTi. The third-order valence-corrected chi connectivity index (χ3v) is 4.36. The van der Waals surface area contributed by atoms with E-state index >= 15 is 0 Å². The van der Waals surface area contributed by atoms with Crippen LogP contribution in [-0.4, -0.2) is 10.6 Å². The van der Waals surface area contributed by atoms with Crippen molar-refractivity contribution in [2.75, 3.05) is 0 Å². The molecule has 0 aliphatic rings. The molecule has 0 aliphatic carbocycles. The summed E-state index contributed by atoms with van der Waals surface area (Å²) in [6, 6.07) is 15.9. The zero-order chi connectivity index (χ0) is 16.6. The van der Waals surface area contributed by atoms with Gasteiger partial charge in [-0.25, -0.2) is 0 Å². The number of phenols is 1. The van der Waals surface area contributed by atoms with Gasteiger partial charge in [0.05, 0.1) is 0 Å². The first-order valence-electron chi connectivity index (χ1n) is 6.96. The van der Waals surface area contributed by atoms with E-state index in [1.165, 1.54) is 30.2 Å². The van der Waals surface area contributed by atoms with Crippen LogP contribution in [0.2, 0.25) is 0 Å². The van der Waals surface area contributed by atoms with Gasteiger partial charge in [-0.1, -0.05) is 77.4 Å². The molecule has 0 heterocycles. The summed E-state index contributed by atoms with van der Waals surface area (Å²) in [5, 5.41) is 16.8. The summed E-state index contributed by atoms with van der Waals surface area (Å²) >= 11 is 1.47. The monoisotopic (exact) mass is 369 g/mol. The normalized spacial score (nSPS) is 11.2. The number of nitrogens with zero attached hydrogens (tertiary/aromatic N) is 1. The maximum absolute atomic E-state index is 9.91. The second-order valence-corrected chi connectivity index (χ2v) is 7.11. The van der Waals surface area contributed by atoms with Gasteiger partial charge in [0, 0.05) is 5.30 Å². The van der Waals surface area contributed by atoms with Gasteiger partial charge in [-0.05, 0) is 11.4 Å². The number of aromatic hydroxyl groups is 1. The van der Waals surface area contributed by atoms with Crippen molar-refractivity contribution in [2.45, 2.75) is 32.9 Å². The van der Waals surface area contributed by atoms with E-state index in [1.54, 1.807) is 6.07 Å². The molecule has 0 radical (unpaired) electrons. The summed E-state index contributed by atoms with van der Waals surface area (Å²) in [6.07, 6.45) is 0. The molecule has 0 aliphatic heterocycles. The second-order valence-electron chi connectivity index (χ2n) is 5.79. The first-order chi connectivity index (χ1) is 10.5. The first kappa shape index (κ1) is 19.7. The third kappa shape index (κ3) is 6.81. The number of benzene rings is 2. The Kier molecular flexibility index (Phi) is 8.68. The predicted octanol–water partition coefficient (Wildman–Crippen LogP) is 4.38. The Morgan fingerprint density at radius 2 is 1.55 bits per heavy atom. The van der Waals surface area contributed by atoms with E-state index < -0.39 is 0 Å². The van der Waals surface area contributed by atoms with Crippen LogP contribution in [0.25, 0.3) is 5.32 Å². The van der Waals surface area contributed by atoms with Gasteiger partial charge >= 0.3 is 28.7 Å². The molecule has 1 unspecified atom stereocenters. The molecular weight excluding hydrogens is 348 g/mol. The van der Waals surface area contributed by atoms with Crippen molar-refractivity contribution >= 4 is 28.5 Å². The molecule has 2 aromatic rings. The van der Waals surface area contributed by atoms with Crippen LogP contribution in [-0.2, 0) is 25.9 Å². The summed E-state index contributed by atoms with van der Waals surface area (Å²) in [7, 11) is 5.10. The number of hydrogen-bond donors (Lipinski definition) is 1. The van der Waals surface area contributed by atoms with Gasteiger partial charge in [-0.2, -0.15) is 0 Å². The molecule has 116 valence electrons. The number of rotatable bonds is 4. The predicted molar refractivity (Wildman–Crippen MR) is 94.8 cm³/mol. The molecule has 0 saturated heterocycles. The SMILES string of the molecule is CC(C)(C)[N-]Cc1ccccc1Pc1ccccc1O.[Cl][Ti+]. The van der Waals surface area contributed by atoms with E-state index in [2.05, 4.69) is 42.2 Å². The quantitative estimate of drug-likeness (QED) is 0.630. The van der Waals surface area contributed by atoms with Crippen LogP contribution in [0.4, 0.5) is 0 Å². The van der Waals surface area contributed by atoms with Crippen LogP contribution in [0, 0.1) is 0 Å². The van der Waals surface area contributed by atoms with Gasteiger partial charge in [-0.3, -0.25) is 0 Å². The van der Waals surface area contributed by atoms with E-state index in [1.807, 2.05) is 30.3 Å². The van der Waals surface area contributed by atoms with Crippen molar-refractivity contribution in [2.24, 2.45) is 0 Å².